The number of aryl methyl sites for hydroxylation is 2. The Kier molecular flexibility index (Phi) is 3.48. The Morgan fingerprint density at radius 3 is 2.67 bits per heavy atom. The quantitative estimate of drug-likeness (QED) is 0.796. The van der Waals surface area contributed by atoms with Gasteiger partial charge in [0.2, 0.25) is 11.8 Å². The molecule has 1 atom stereocenters. The van der Waals surface area contributed by atoms with Gasteiger partial charge < -0.3 is 0 Å². The maximum absolute atomic E-state index is 11.9. The Labute approximate surface area is 107 Å². The predicted octanol–water partition coefficient (Wildman–Crippen LogP) is 1.15. The third-order valence-electron chi connectivity index (χ3n) is 3.41. The average Bonchev–Trinajstić information content (AvgIpc) is 2.34. The second-order valence-electron chi connectivity index (χ2n) is 4.84. The van der Waals surface area contributed by atoms with E-state index in [1.807, 2.05) is 32.0 Å². The Morgan fingerprint density at radius 2 is 2.00 bits per heavy atom. The van der Waals surface area contributed by atoms with Crippen molar-refractivity contribution < 1.29 is 9.59 Å². The largest absolute Gasteiger partial charge is 0.298 e. The highest BCUT2D eigenvalue weighted by atomic mass is 16.2. The van der Waals surface area contributed by atoms with E-state index < -0.39 is 0 Å². The number of hydrogen-bond donors (Lipinski definition) is 1. The molecule has 0 radical (unpaired) electrons. The fourth-order valence-corrected chi connectivity index (χ4v) is 2.03. The molecule has 1 aromatic carbocycles. The second kappa shape index (κ2) is 4.90. The van der Waals surface area contributed by atoms with Gasteiger partial charge in [0.1, 0.15) is 0 Å². The molecule has 2 amide bonds. The summed E-state index contributed by atoms with van der Waals surface area (Å²) in [7, 11) is 0. The second-order valence-corrected chi connectivity index (χ2v) is 4.84. The molecule has 0 spiro atoms. The van der Waals surface area contributed by atoms with Gasteiger partial charge in [-0.1, -0.05) is 18.2 Å². The molecule has 1 saturated heterocycles. The molecule has 1 heterocycles. The fourth-order valence-electron chi connectivity index (χ4n) is 2.03. The number of carbonyl (C=O) groups excluding carboxylic acids is 2. The van der Waals surface area contributed by atoms with E-state index in [0.717, 1.165) is 5.56 Å². The van der Waals surface area contributed by atoms with E-state index in [9.17, 15) is 9.59 Å². The lowest BCUT2D eigenvalue weighted by atomic mass is 10.1. The number of nitrogens with one attached hydrogen (secondary N) is 1. The molecule has 1 N–H and O–H groups in total. The summed E-state index contributed by atoms with van der Waals surface area (Å²) in [4.78, 5) is 25.0. The normalized spacial score (nSPS) is 20.4. The number of hydrogen-bond acceptors (Lipinski definition) is 3. The van der Waals surface area contributed by atoms with Crippen molar-refractivity contribution in [3.8, 4) is 0 Å². The van der Waals surface area contributed by atoms with Crippen molar-refractivity contribution in [1.29, 1.82) is 0 Å². The van der Waals surface area contributed by atoms with E-state index in [2.05, 4.69) is 5.32 Å². The maximum atomic E-state index is 11.9. The summed E-state index contributed by atoms with van der Waals surface area (Å²) in [6, 6.07) is 5.73. The van der Waals surface area contributed by atoms with Crippen molar-refractivity contribution in [3.05, 3.63) is 34.9 Å². The molecule has 1 aliphatic heterocycles. The Bertz CT molecular complexity index is 497. The highest BCUT2D eigenvalue weighted by Gasteiger charge is 2.30. The predicted molar refractivity (Wildman–Crippen MR) is 68.9 cm³/mol. The van der Waals surface area contributed by atoms with Crippen LogP contribution >= 0.6 is 0 Å². The molecule has 0 saturated carbocycles. The first-order valence-electron chi connectivity index (χ1n) is 6.13. The zero-order chi connectivity index (χ0) is 13.3. The van der Waals surface area contributed by atoms with E-state index in [4.69, 9.17) is 0 Å². The number of nitrogens with zero attached hydrogens (tertiary/aromatic N) is 1. The number of imide groups is 1. The number of benzene rings is 1. The van der Waals surface area contributed by atoms with E-state index in [1.54, 1.807) is 6.92 Å². The first-order valence-corrected chi connectivity index (χ1v) is 6.13. The molecule has 0 bridgehead atoms. The molecule has 18 heavy (non-hydrogen) atoms. The zero-order valence-electron chi connectivity index (χ0n) is 11.0. The van der Waals surface area contributed by atoms with Gasteiger partial charge in [-0.3, -0.25) is 19.8 Å². The first kappa shape index (κ1) is 12.8. The molecular weight excluding hydrogens is 228 g/mol. The average molecular weight is 246 g/mol. The lowest BCUT2D eigenvalue weighted by molar-refractivity contribution is -0.149. The van der Waals surface area contributed by atoms with Crippen molar-refractivity contribution >= 4 is 11.8 Å². The summed E-state index contributed by atoms with van der Waals surface area (Å²) >= 11 is 0. The molecule has 2 rings (SSSR count). The smallest absolute Gasteiger partial charge is 0.246 e. The molecule has 1 aliphatic rings. The fraction of sp³-hybridized carbons (Fsp3) is 0.429. The zero-order valence-corrected chi connectivity index (χ0v) is 11.0. The summed E-state index contributed by atoms with van der Waals surface area (Å²) in [5, 5.41) is 2.88. The summed E-state index contributed by atoms with van der Waals surface area (Å²) in [6.45, 7) is 6.45. The lowest BCUT2D eigenvalue weighted by Crippen LogP contribution is -2.56. The van der Waals surface area contributed by atoms with Gasteiger partial charge in [-0.2, -0.15) is 0 Å². The van der Waals surface area contributed by atoms with Crippen molar-refractivity contribution in [2.24, 2.45) is 0 Å². The summed E-state index contributed by atoms with van der Waals surface area (Å²) in [5.41, 5.74) is 3.38. The van der Waals surface area contributed by atoms with Crippen molar-refractivity contribution in [2.45, 2.75) is 33.4 Å². The molecular formula is C14H18N2O2. The number of piperazine rings is 1. The van der Waals surface area contributed by atoms with Crippen molar-refractivity contribution in [1.82, 2.24) is 10.2 Å². The highest BCUT2D eigenvalue weighted by Crippen LogP contribution is 2.14. The number of rotatable bonds is 2. The van der Waals surface area contributed by atoms with Gasteiger partial charge >= 0.3 is 0 Å². The van der Waals surface area contributed by atoms with Crippen LogP contribution in [-0.4, -0.2) is 29.3 Å². The highest BCUT2D eigenvalue weighted by molar-refractivity contribution is 6.00. The maximum Gasteiger partial charge on any atom is 0.246 e. The van der Waals surface area contributed by atoms with Gasteiger partial charge in [0.05, 0.1) is 19.1 Å². The third kappa shape index (κ3) is 2.43. The van der Waals surface area contributed by atoms with Gasteiger partial charge in [-0.05, 0) is 37.5 Å². The molecule has 0 aromatic heterocycles. The Hall–Kier alpha value is -1.68. The minimum atomic E-state index is -0.283. The SMILES string of the molecule is Cc1ccc(CN2C(=O)CNC(C)C2=O)cc1C. The standard InChI is InChI=1S/C14H18N2O2/c1-9-4-5-12(6-10(9)2)8-16-13(17)7-15-11(3)14(16)18/h4-6,11,15H,7-8H2,1-3H3. The summed E-state index contributed by atoms with van der Waals surface area (Å²) in [5.74, 6) is -0.305. The first-order chi connectivity index (χ1) is 8.49. The van der Waals surface area contributed by atoms with Crippen LogP contribution in [0.1, 0.15) is 23.6 Å². The monoisotopic (exact) mass is 246 g/mol. The van der Waals surface area contributed by atoms with Gasteiger partial charge in [0.25, 0.3) is 0 Å². The Morgan fingerprint density at radius 1 is 1.28 bits per heavy atom. The molecule has 4 heteroatoms. The van der Waals surface area contributed by atoms with Crippen LogP contribution in [0.25, 0.3) is 0 Å². The number of carbonyl (C=O) groups is 2. The molecule has 96 valence electrons. The topological polar surface area (TPSA) is 49.4 Å². The van der Waals surface area contributed by atoms with Crippen molar-refractivity contribution in [2.75, 3.05) is 6.54 Å². The molecule has 4 nitrogen and oxygen atoms in total. The summed E-state index contributed by atoms with van der Waals surface area (Å²) < 4.78 is 0. The van der Waals surface area contributed by atoms with Crippen LogP contribution in [0, 0.1) is 13.8 Å². The van der Waals surface area contributed by atoms with Crippen LogP contribution in [0.4, 0.5) is 0 Å². The molecule has 1 fully saturated rings. The number of amides is 2. The molecule has 1 aromatic rings. The van der Waals surface area contributed by atoms with Crippen LogP contribution in [0.5, 0.6) is 0 Å². The van der Waals surface area contributed by atoms with Gasteiger partial charge in [-0.25, -0.2) is 0 Å². The van der Waals surface area contributed by atoms with Crippen LogP contribution in [0.3, 0.4) is 0 Å². The lowest BCUT2D eigenvalue weighted by Gasteiger charge is -2.29. The Balaban J connectivity index is 2.18. The van der Waals surface area contributed by atoms with E-state index >= 15 is 0 Å². The van der Waals surface area contributed by atoms with Gasteiger partial charge in [-0.15, -0.1) is 0 Å². The van der Waals surface area contributed by atoms with Gasteiger partial charge in [0, 0.05) is 0 Å². The van der Waals surface area contributed by atoms with Crippen molar-refractivity contribution in [3.63, 3.8) is 0 Å². The van der Waals surface area contributed by atoms with Gasteiger partial charge in [0.15, 0.2) is 0 Å². The van der Waals surface area contributed by atoms with Crippen LogP contribution in [0.2, 0.25) is 0 Å². The third-order valence-corrected chi connectivity index (χ3v) is 3.41. The van der Waals surface area contributed by atoms with E-state index in [1.165, 1.54) is 16.0 Å². The van der Waals surface area contributed by atoms with Crippen LogP contribution in [0.15, 0.2) is 18.2 Å². The van der Waals surface area contributed by atoms with Crippen LogP contribution < -0.4 is 5.32 Å². The minimum Gasteiger partial charge on any atom is -0.298 e. The molecule has 0 aliphatic carbocycles. The minimum absolute atomic E-state index is 0.149. The summed E-state index contributed by atoms with van der Waals surface area (Å²) in [6.07, 6.45) is 0. The van der Waals surface area contributed by atoms with Crippen LogP contribution in [-0.2, 0) is 16.1 Å². The van der Waals surface area contributed by atoms with E-state index in [-0.39, 0.29) is 24.4 Å². The van der Waals surface area contributed by atoms with E-state index in [0.29, 0.717) is 6.54 Å². The molecule has 1 unspecified atom stereocenters.